The van der Waals surface area contributed by atoms with Gasteiger partial charge in [0.1, 0.15) is 0 Å². The van der Waals surface area contributed by atoms with Crippen LogP contribution in [-0.2, 0) is 10.0 Å². The minimum absolute atomic E-state index is 0.148. The van der Waals surface area contributed by atoms with Crippen molar-refractivity contribution in [2.45, 2.75) is 37.1 Å². The standard InChI is InChI=1S/C26H25ClN2O2S/c1-16-5-3-6-17(2)25(16)29-32(30,31)20-13-14-24-23(15-20)21-7-4-8-22(21)26(28-24)18-9-11-19(27)12-10-18/h3-7,9-15,21-22,26,28-29H,8H2,1-2H3/t21-,22+,26-/m0/s1. The lowest BCUT2D eigenvalue weighted by Gasteiger charge is -2.37. The summed E-state index contributed by atoms with van der Waals surface area (Å²) in [6.45, 7) is 3.82. The third-order valence-electron chi connectivity index (χ3n) is 6.59. The SMILES string of the molecule is Cc1cccc(C)c1NS(=O)(=O)c1ccc2c(c1)[C@H]1C=CC[C@H]1[C@H](c1ccc(Cl)cc1)N2. The van der Waals surface area contributed by atoms with Gasteiger partial charge >= 0.3 is 0 Å². The first-order chi connectivity index (χ1) is 15.3. The van der Waals surface area contributed by atoms with Gasteiger partial charge < -0.3 is 5.32 Å². The lowest BCUT2D eigenvalue weighted by Crippen LogP contribution is -2.29. The van der Waals surface area contributed by atoms with Crippen LogP contribution in [0.1, 0.15) is 40.6 Å². The first kappa shape index (κ1) is 21.1. The number of para-hydroxylation sites is 1. The lowest BCUT2D eigenvalue weighted by molar-refractivity contribution is 0.425. The summed E-state index contributed by atoms with van der Waals surface area (Å²) in [5.74, 6) is 0.496. The lowest BCUT2D eigenvalue weighted by atomic mass is 9.77. The van der Waals surface area contributed by atoms with E-state index >= 15 is 0 Å². The first-order valence-corrected chi connectivity index (χ1v) is 12.6. The van der Waals surface area contributed by atoms with Crippen molar-refractivity contribution in [3.05, 3.63) is 100 Å². The molecule has 0 unspecified atom stereocenters. The Bertz CT molecular complexity index is 1300. The van der Waals surface area contributed by atoms with Gasteiger partial charge in [-0.3, -0.25) is 4.72 Å². The highest BCUT2D eigenvalue weighted by molar-refractivity contribution is 7.92. The molecule has 0 fully saturated rings. The highest BCUT2D eigenvalue weighted by Crippen LogP contribution is 2.50. The van der Waals surface area contributed by atoms with E-state index < -0.39 is 10.0 Å². The molecule has 2 N–H and O–H groups in total. The third-order valence-corrected chi connectivity index (χ3v) is 8.19. The van der Waals surface area contributed by atoms with Gasteiger partial charge in [-0.2, -0.15) is 0 Å². The molecule has 0 bridgehead atoms. The number of hydrogen-bond acceptors (Lipinski definition) is 3. The molecule has 0 saturated carbocycles. The Labute approximate surface area is 194 Å². The van der Waals surface area contributed by atoms with Crippen molar-refractivity contribution in [1.82, 2.24) is 0 Å². The number of nitrogens with one attached hydrogen (secondary N) is 2. The zero-order chi connectivity index (χ0) is 22.5. The van der Waals surface area contributed by atoms with E-state index in [4.69, 9.17) is 11.6 Å². The Kier molecular flexibility index (Phi) is 5.26. The van der Waals surface area contributed by atoms with Gasteiger partial charge in [0, 0.05) is 16.6 Å². The topological polar surface area (TPSA) is 58.2 Å². The van der Waals surface area contributed by atoms with Crippen molar-refractivity contribution in [2.75, 3.05) is 10.0 Å². The predicted octanol–water partition coefficient (Wildman–Crippen LogP) is 6.58. The molecule has 1 aliphatic heterocycles. The summed E-state index contributed by atoms with van der Waals surface area (Å²) in [5.41, 5.74) is 5.63. The molecule has 3 aromatic rings. The smallest absolute Gasteiger partial charge is 0.261 e. The second kappa shape index (κ2) is 7.98. The van der Waals surface area contributed by atoms with Crippen molar-refractivity contribution in [3.63, 3.8) is 0 Å². The monoisotopic (exact) mass is 464 g/mol. The van der Waals surface area contributed by atoms with Gasteiger partial charge in [-0.05, 0) is 78.8 Å². The summed E-state index contributed by atoms with van der Waals surface area (Å²) in [7, 11) is -3.71. The zero-order valence-electron chi connectivity index (χ0n) is 18.0. The van der Waals surface area contributed by atoms with Gasteiger partial charge in [-0.25, -0.2) is 8.42 Å². The molecule has 0 spiro atoms. The van der Waals surface area contributed by atoms with Crippen LogP contribution in [0.15, 0.2) is 77.7 Å². The van der Waals surface area contributed by atoms with E-state index in [2.05, 4.69) is 34.3 Å². The first-order valence-electron chi connectivity index (χ1n) is 10.7. The highest BCUT2D eigenvalue weighted by Gasteiger charge is 2.38. The average Bonchev–Trinajstić information content (AvgIpc) is 3.26. The zero-order valence-corrected chi connectivity index (χ0v) is 19.5. The molecule has 0 saturated heterocycles. The van der Waals surface area contributed by atoms with Crippen LogP contribution in [0.5, 0.6) is 0 Å². The Balaban J connectivity index is 1.50. The molecule has 0 amide bonds. The molecule has 32 heavy (non-hydrogen) atoms. The Morgan fingerprint density at radius 1 is 1.00 bits per heavy atom. The highest BCUT2D eigenvalue weighted by atomic mass is 35.5. The summed E-state index contributed by atoms with van der Waals surface area (Å²) < 4.78 is 29.3. The van der Waals surface area contributed by atoms with E-state index in [-0.39, 0.29) is 16.9 Å². The summed E-state index contributed by atoms with van der Waals surface area (Å²) >= 11 is 6.08. The van der Waals surface area contributed by atoms with E-state index in [1.54, 1.807) is 6.07 Å². The number of rotatable bonds is 4. The molecule has 6 heteroatoms. The number of sulfonamides is 1. The van der Waals surface area contributed by atoms with Crippen molar-refractivity contribution < 1.29 is 8.42 Å². The van der Waals surface area contributed by atoms with E-state index in [1.807, 2.05) is 56.3 Å². The summed E-state index contributed by atoms with van der Waals surface area (Å²) in [6.07, 6.45) is 5.36. The molecule has 164 valence electrons. The van der Waals surface area contributed by atoms with Gasteiger partial charge in [0.25, 0.3) is 10.0 Å². The maximum absolute atomic E-state index is 13.2. The number of halogens is 1. The fourth-order valence-corrected chi connectivity index (χ4v) is 6.27. The molecule has 5 rings (SSSR count). The second-order valence-electron chi connectivity index (χ2n) is 8.65. The van der Waals surface area contributed by atoms with Crippen LogP contribution in [0.3, 0.4) is 0 Å². The van der Waals surface area contributed by atoms with Crippen LogP contribution in [-0.4, -0.2) is 8.42 Å². The number of hydrogen-bond donors (Lipinski definition) is 2. The number of allylic oxidation sites excluding steroid dienone is 2. The predicted molar refractivity (Wildman–Crippen MR) is 131 cm³/mol. The summed E-state index contributed by atoms with van der Waals surface area (Å²) in [4.78, 5) is 0.282. The van der Waals surface area contributed by atoms with Crippen molar-refractivity contribution in [2.24, 2.45) is 5.92 Å². The van der Waals surface area contributed by atoms with Gasteiger partial charge in [-0.15, -0.1) is 0 Å². The number of aryl methyl sites for hydroxylation is 2. The molecule has 1 aliphatic carbocycles. The Hall–Kier alpha value is -2.76. The fourth-order valence-electron chi connectivity index (χ4n) is 4.91. The van der Waals surface area contributed by atoms with Crippen molar-refractivity contribution in [3.8, 4) is 0 Å². The van der Waals surface area contributed by atoms with E-state index in [1.165, 1.54) is 5.56 Å². The third kappa shape index (κ3) is 3.70. The maximum atomic E-state index is 13.2. The van der Waals surface area contributed by atoms with Crippen LogP contribution in [0.25, 0.3) is 0 Å². The summed E-state index contributed by atoms with van der Waals surface area (Å²) in [6, 6.07) is 19.2. The van der Waals surface area contributed by atoms with Gasteiger partial charge in [0.05, 0.1) is 16.6 Å². The molecular formula is C26H25ClN2O2S. The quantitative estimate of drug-likeness (QED) is 0.428. The molecule has 2 aliphatic rings. The van der Waals surface area contributed by atoms with Gasteiger partial charge in [0.2, 0.25) is 0 Å². The Morgan fingerprint density at radius 2 is 1.72 bits per heavy atom. The molecule has 1 heterocycles. The minimum atomic E-state index is -3.71. The fraction of sp³-hybridized carbons (Fsp3) is 0.231. The summed E-state index contributed by atoms with van der Waals surface area (Å²) in [5, 5.41) is 4.37. The van der Waals surface area contributed by atoms with Crippen LogP contribution < -0.4 is 10.0 Å². The second-order valence-corrected chi connectivity index (χ2v) is 10.8. The maximum Gasteiger partial charge on any atom is 0.261 e. The van der Waals surface area contributed by atoms with E-state index in [0.29, 0.717) is 11.6 Å². The van der Waals surface area contributed by atoms with E-state index in [0.717, 1.165) is 33.8 Å². The molecule has 4 nitrogen and oxygen atoms in total. The van der Waals surface area contributed by atoms with Crippen LogP contribution in [0.2, 0.25) is 5.02 Å². The molecular weight excluding hydrogens is 440 g/mol. The van der Waals surface area contributed by atoms with Crippen LogP contribution in [0.4, 0.5) is 11.4 Å². The molecule has 3 atom stereocenters. The number of fused-ring (bicyclic) bond motifs is 3. The molecule has 3 aromatic carbocycles. The average molecular weight is 465 g/mol. The van der Waals surface area contributed by atoms with Crippen LogP contribution >= 0.6 is 11.6 Å². The van der Waals surface area contributed by atoms with Crippen molar-refractivity contribution in [1.29, 1.82) is 0 Å². The van der Waals surface area contributed by atoms with E-state index in [9.17, 15) is 8.42 Å². The number of anilines is 2. The Morgan fingerprint density at radius 3 is 2.44 bits per heavy atom. The normalized spacial score (nSPS) is 21.5. The molecule has 0 aromatic heterocycles. The van der Waals surface area contributed by atoms with Gasteiger partial charge in [-0.1, -0.05) is 54.1 Å². The largest absolute Gasteiger partial charge is 0.378 e. The minimum Gasteiger partial charge on any atom is -0.378 e. The molecule has 0 radical (unpaired) electrons. The number of benzene rings is 3. The van der Waals surface area contributed by atoms with Crippen molar-refractivity contribution >= 4 is 33.0 Å². The van der Waals surface area contributed by atoms with Crippen LogP contribution in [0, 0.1) is 19.8 Å². The van der Waals surface area contributed by atoms with Gasteiger partial charge in [0.15, 0.2) is 0 Å².